The lowest BCUT2D eigenvalue weighted by Crippen LogP contribution is -2.11. The molecule has 2 heterocycles. The first-order chi connectivity index (χ1) is 11.2. The van der Waals surface area contributed by atoms with Crippen LogP contribution in [0, 0.1) is 0 Å². The van der Waals surface area contributed by atoms with Crippen LogP contribution in [0.4, 0.5) is 11.8 Å². The number of nitrogens with two attached hydrogens (primary N) is 1. The molecule has 0 radical (unpaired) electrons. The van der Waals surface area contributed by atoms with E-state index in [2.05, 4.69) is 51.9 Å². The number of benzene rings is 1. The third kappa shape index (κ3) is 3.87. The standard InChI is InChI=1S/C18H20N4S/c1-13(14-6-3-2-4-7-14)16-12-21-18(22-17(16)19)20-10-9-15-8-5-11-23-15/h2-8,11-13H,9-10H2,1H3,(H3,19,20,21,22). The summed E-state index contributed by atoms with van der Waals surface area (Å²) in [5, 5.41) is 5.32. The van der Waals surface area contributed by atoms with Gasteiger partial charge in [0.05, 0.1) is 0 Å². The van der Waals surface area contributed by atoms with Crippen molar-refractivity contribution < 1.29 is 0 Å². The Kier molecular flexibility index (Phi) is 4.88. The molecule has 0 fully saturated rings. The highest BCUT2D eigenvalue weighted by atomic mass is 32.1. The van der Waals surface area contributed by atoms with Gasteiger partial charge in [0.1, 0.15) is 5.82 Å². The Morgan fingerprint density at radius 1 is 1.17 bits per heavy atom. The molecule has 2 aromatic heterocycles. The van der Waals surface area contributed by atoms with Crippen LogP contribution in [0.3, 0.4) is 0 Å². The van der Waals surface area contributed by atoms with Crippen LogP contribution in [0.1, 0.15) is 28.8 Å². The van der Waals surface area contributed by atoms with Gasteiger partial charge in [-0.1, -0.05) is 43.3 Å². The molecule has 1 atom stereocenters. The average molecular weight is 324 g/mol. The molecule has 4 nitrogen and oxygen atoms in total. The first-order valence-corrected chi connectivity index (χ1v) is 8.55. The molecule has 0 spiro atoms. The minimum absolute atomic E-state index is 0.177. The van der Waals surface area contributed by atoms with Gasteiger partial charge in [0.15, 0.2) is 0 Å². The number of anilines is 2. The monoisotopic (exact) mass is 324 g/mol. The van der Waals surface area contributed by atoms with Crippen molar-refractivity contribution in [2.24, 2.45) is 0 Å². The summed E-state index contributed by atoms with van der Waals surface area (Å²) in [5.41, 5.74) is 8.30. The molecule has 3 aromatic rings. The van der Waals surface area contributed by atoms with E-state index in [0.29, 0.717) is 11.8 Å². The average Bonchev–Trinajstić information content (AvgIpc) is 3.09. The summed E-state index contributed by atoms with van der Waals surface area (Å²) in [4.78, 5) is 10.2. The first-order valence-electron chi connectivity index (χ1n) is 7.67. The van der Waals surface area contributed by atoms with Crippen LogP contribution in [-0.2, 0) is 6.42 Å². The molecule has 1 aromatic carbocycles. The largest absolute Gasteiger partial charge is 0.383 e. The summed E-state index contributed by atoms with van der Waals surface area (Å²) >= 11 is 1.76. The third-order valence-corrected chi connectivity index (χ3v) is 4.78. The molecule has 3 N–H and O–H groups in total. The minimum atomic E-state index is 0.177. The van der Waals surface area contributed by atoms with Crippen LogP contribution in [-0.4, -0.2) is 16.5 Å². The summed E-state index contributed by atoms with van der Waals surface area (Å²) < 4.78 is 0. The molecule has 3 rings (SSSR count). The van der Waals surface area contributed by atoms with Crippen LogP contribution in [0.5, 0.6) is 0 Å². The quantitative estimate of drug-likeness (QED) is 0.721. The lowest BCUT2D eigenvalue weighted by Gasteiger charge is -2.14. The van der Waals surface area contributed by atoms with Crippen LogP contribution in [0.25, 0.3) is 0 Å². The molecular formula is C18H20N4S. The molecule has 1 unspecified atom stereocenters. The fraction of sp³-hybridized carbons (Fsp3) is 0.222. The van der Waals surface area contributed by atoms with Gasteiger partial charge in [0, 0.05) is 29.1 Å². The van der Waals surface area contributed by atoms with Gasteiger partial charge in [-0.3, -0.25) is 0 Å². The zero-order valence-corrected chi connectivity index (χ0v) is 13.9. The fourth-order valence-electron chi connectivity index (χ4n) is 2.50. The molecule has 5 heteroatoms. The molecule has 118 valence electrons. The predicted octanol–water partition coefficient (Wildman–Crippen LogP) is 3.93. The Morgan fingerprint density at radius 2 is 2.00 bits per heavy atom. The molecule has 0 amide bonds. The Bertz CT molecular complexity index is 741. The Morgan fingerprint density at radius 3 is 2.70 bits per heavy atom. The van der Waals surface area contributed by atoms with Gasteiger partial charge < -0.3 is 11.1 Å². The number of nitrogens with one attached hydrogen (secondary N) is 1. The molecule has 0 saturated heterocycles. The van der Waals surface area contributed by atoms with Gasteiger partial charge in [0.2, 0.25) is 5.95 Å². The minimum Gasteiger partial charge on any atom is -0.383 e. The van der Waals surface area contributed by atoms with E-state index in [4.69, 9.17) is 5.73 Å². The van der Waals surface area contributed by atoms with E-state index < -0.39 is 0 Å². The van der Waals surface area contributed by atoms with Gasteiger partial charge in [-0.2, -0.15) is 4.98 Å². The van der Waals surface area contributed by atoms with E-state index >= 15 is 0 Å². The second-order valence-electron chi connectivity index (χ2n) is 5.42. The Labute approximate surface area is 140 Å². The maximum Gasteiger partial charge on any atom is 0.224 e. The van der Waals surface area contributed by atoms with Gasteiger partial charge in [-0.25, -0.2) is 4.98 Å². The number of nitrogen functional groups attached to an aromatic ring is 1. The van der Waals surface area contributed by atoms with Crippen molar-refractivity contribution in [3.8, 4) is 0 Å². The number of thiophene rings is 1. The summed E-state index contributed by atoms with van der Waals surface area (Å²) in [6, 6.07) is 14.5. The molecular weight excluding hydrogens is 304 g/mol. The van der Waals surface area contributed by atoms with Crippen molar-refractivity contribution in [3.05, 3.63) is 70.0 Å². The van der Waals surface area contributed by atoms with Gasteiger partial charge in [-0.15, -0.1) is 11.3 Å². The summed E-state index contributed by atoms with van der Waals surface area (Å²) in [6.07, 6.45) is 2.79. The van der Waals surface area contributed by atoms with Crippen molar-refractivity contribution in [3.63, 3.8) is 0 Å². The van der Waals surface area contributed by atoms with E-state index in [-0.39, 0.29) is 5.92 Å². The number of aromatic nitrogens is 2. The zero-order valence-electron chi connectivity index (χ0n) is 13.1. The van der Waals surface area contributed by atoms with Crippen molar-refractivity contribution in [2.75, 3.05) is 17.6 Å². The number of rotatable bonds is 6. The van der Waals surface area contributed by atoms with E-state index in [9.17, 15) is 0 Å². The second-order valence-corrected chi connectivity index (χ2v) is 6.45. The Hall–Kier alpha value is -2.40. The smallest absolute Gasteiger partial charge is 0.224 e. The van der Waals surface area contributed by atoms with Crippen molar-refractivity contribution >= 4 is 23.1 Å². The number of nitrogens with zero attached hydrogens (tertiary/aromatic N) is 2. The van der Waals surface area contributed by atoms with E-state index in [1.165, 1.54) is 10.4 Å². The van der Waals surface area contributed by atoms with Gasteiger partial charge in [-0.05, 0) is 23.4 Å². The van der Waals surface area contributed by atoms with Gasteiger partial charge in [0.25, 0.3) is 0 Å². The lowest BCUT2D eigenvalue weighted by atomic mass is 9.95. The number of hydrogen-bond acceptors (Lipinski definition) is 5. The summed E-state index contributed by atoms with van der Waals surface area (Å²) in [7, 11) is 0. The fourth-order valence-corrected chi connectivity index (χ4v) is 3.21. The maximum absolute atomic E-state index is 6.14. The summed E-state index contributed by atoms with van der Waals surface area (Å²) in [5.74, 6) is 1.30. The SMILES string of the molecule is CC(c1ccccc1)c1cnc(NCCc2cccs2)nc1N. The van der Waals surface area contributed by atoms with Crippen LogP contribution >= 0.6 is 11.3 Å². The van der Waals surface area contributed by atoms with Crippen molar-refractivity contribution in [1.82, 2.24) is 9.97 Å². The zero-order chi connectivity index (χ0) is 16.1. The highest BCUT2D eigenvalue weighted by molar-refractivity contribution is 7.09. The number of hydrogen-bond donors (Lipinski definition) is 2. The molecule has 0 aliphatic carbocycles. The molecule has 0 bridgehead atoms. The topological polar surface area (TPSA) is 63.8 Å². The molecule has 23 heavy (non-hydrogen) atoms. The highest BCUT2D eigenvalue weighted by Gasteiger charge is 2.13. The second kappa shape index (κ2) is 7.24. The van der Waals surface area contributed by atoms with E-state index in [1.807, 2.05) is 24.4 Å². The van der Waals surface area contributed by atoms with Crippen molar-refractivity contribution in [1.29, 1.82) is 0 Å². The van der Waals surface area contributed by atoms with Crippen LogP contribution in [0.15, 0.2) is 54.0 Å². The molecule has 0 aliphatic rings. The normalized spacial score (nSPS) is 12.0. The Balaban J connectivity index is 1.66. The first kappa shape index (κ1) is 15.5. The van der Waals surface area contributed by atoms with E-state index in [1.54, 1.807) is 11.3 Å². The van der Waals surface area contributed by atoms with Crippen LogP contribution in [0.2, 0.25) is 0 Å². The maximum atomic E-state index is 6.14. The predicted molar refractivity (Wildman–Crippen MR) is 96.9 cm³/mol. The summed E-state index contributed by atoms with van der Waals surface area (Å²) in [6.45, 7) is 2.92. The molecule has 0 aliphatic heterocycles. The lowest BCUT2D eigenvalue weighted by molar-refractivity contribution is 0.897. The van der Waals surface area contributed by atoms with Gasteiger partial charge >= 0.3 is 0 Å². The molecule has 0 saturated carbocycles. The van der Waals surface area contributed by atoms with E-state index in [0.717, 1.165) is 18.5 Å². The van der Waals surface area contributed by atoms with Crippen LogP contribution < -0.4 is 11.1 Å². The highest BCUT2D eigenvalue weighted by Crippen LogP contribution is 2.27. The van der Waals surface area contributed by atoms with Crippen molar-refractivity contribution in [2.45, 2.75) is 19.3 Å². The third-order valence-electron chi connectivity index (χ3n) is 3.85.